The maximum Gasteiger partial charge on any atom is 0.298 e. The van der Waals surface area contributed by atoms with Crippen LogP contribution in [0, 0.1) is 0 Å². The van der Waals surface area contributed by atoms with Crippen LogP contribution in [0.25, 0.3) is 0 Å². The largest absolute Gasteiger partial charge is 0.298 e. The number of hydrogen-bond acceptors (Lipinski definition) is 0. The topological polar surface area (TPSA) is 0 Å². The number of halogens is 8. The van der Waals surface area contributed by atoms with Crippen LogP contribution < -0.4 is 0 Å². The number of rotatable bonds is 1. The molecule has 0 nitrogen and oxygen atoms in total. The first kappa shape index (κ1) is 15.4. The summed E-state index contributed by atoms with van der Waals surface area (Å²) >= 11 is 20.4. The molecule has 0 aliphatic rings. The lowest BCUT2D eigenvalue weighted by Gasteiger charge is -2.00. The van der Waals surface area contributed by atoms with Crippen LogP contribution >= 0.6 is 46.4 Å². The Hall–Kier alpha value is 0.880. The summed E-state index contributed by atoms with van der Waals surface area (Å²) in [6.07, 6.45) is -6.96. The first-order valence-electron chi connectivity index (χ1n) is 2.39. The summed E-state index contributed by atoms with van der Waals surface area (Å²) in [4.78, 5) is 0. The van der Waals surface area contributed by atoms with Crippen LogP contribution in [0.5, 0.6) is 0 Å². The highest BCUT2D eigenvalue weighted by molar-refractivity contribution is 6.69. The minimum atomic E-state index is -3.48. The Labute approximate surface area is 86.7 Å². The molecule has 0 spiro atoms. The third kappa shape index (κ3) is 17.1. The third-order valence-corrected chi connectivity index (χ3v) is 1.55. The fraction of sp³-hybridized carbons (Fsp3) is 1.00. The molecule has 0 atom stereocenters. The van der Waals surface area contributed by atoms with E-state index in [1.165, 1.54) is 0 Å². The van der Waals surface area contributed by atoms with E-state index >= 15 is 0 Å². The zero-order valence-electron chi connectivity index (χ0n) is 5.39. The molecule has 0 aromatic rings. The molecule has 12 heavy (non-hydrogen) atoms. The van der Waals surface area contributed by atoms with E-state index in [4.69, 9.17) is 46.4 Å². The molecule has 0 N–H and O–H groups in total. The lowest BCUT2D eigenvalue weighted by molar-refractivity contribution is -0.0278. The highest BCUT2D eigenvalue weighted by Gasteiger charge is 2.16. The molecular weight excluding hydrogens is 266 g/mol. The first-order chi connectivity index (χ1) is 5.20. The highest BCUT2D eigenvalue weighted by atomic mass is 35.6. The van der Waals surface area contributed by atoms with Crippen LogP contribution in [-0.2, 0) is 0 Å². The minimum Gasteiger partial charge on any atom is -0.204 e. The highest BCUT2D eigenvalue weighted by Crippen LogP contribution is 2.26. The smallest absolute Gasteiger partial charge is 0.204 e. The van der Waals surface area contributed by atoms with Crippen molar-refractivity contribution in [3.05, 3.63) is 0 Å². The first-order valence-corrected chi connectivity index (χ1v) is 4.06. The minimum absolute atomic E-state index is 0.0394. The van der Waals surface area contributed by atoms with Crippen molar-refractivity contribution in [1.29, 1.82) is 0 Å². The quantitative estimate of drug-likeness (QED) is 0.496. The number of hydrogen-bond donors (Lipinski definition) is 0. The normalized spacial score (nSPS) is 11.5. The van der Waals surface area contributed by atoms with E-state index in [2.05, 4.69) is 0 Å². The van der Waals surface area contributed by atoms with Crippen LogP contribution in [0.3, 0.4) is 0 Å². The predicted octanol–water partition coefficient (Wildman–Crippen LogP) is 4.11. The summed E-state index contributed by atoms with van der Waals surface area (Å²) in [6.45, 7) is 0. The fourth-order valence-electron chi connectivity index (χ4n) is 0. The Bertz CT molecular complexity index is 95.7. The molecule has 76 valence electrons. The van der Waals surface area contributed by atoms with E-state index < -0.39 is 16.6 Å². The second kappa shape index (κ2) is 7.30. The lowest BCUT2D eigenvalue weighted by atomic mass is 10.8. The fourth-order valence-corrected chi connectivity index (χ4v) is 0. The SMILES string of the molecule is ClCC(Cl)(Cl)Cl.FC(F)C(F)F. The van der Waals surface area contributed by atoms with Crippen molar-refractivity contribution in [1.82, 2.24) is 0 Å². The molecule has 0 amide bonds. The van der Waals surface area contributed by atoms with Crippen LogP contribution in [0.15, 0.2) is 0 Å². The Balaban J connectivity index is 0. The summed E-state index contributed by atoms with van der Waals surface area (Å²) in [7, 11) is 0. The maximum atomic E-state index is 10.4. The van der Waals surface area contributed by atoms with E-state index in [0.29, 0.717) is 0 Å². The third-order valence-electron chi connectivity index (χ3n) is 0.342. The molecule has 0 saturated carbocycles. The molecular formula is C4H4Cl4F4. The van der Waals surface area contributed by atoms with E-state index in [9.17, 15) is 17.6 Å². The van der Waals surface area contributed by atoms with Gasteiger partial charge in [-0.2, -0.15) is 0 Å². The molecule has 0 fully saturated rings. The Morgan fingerprint density at radius 1 is 0.917 bits per heavy atom. The van der Waals surface area contributed by atoms with Gasteiger partial charge in [0.1, 0.15) is 0 Å². The van der Waals surface area contributed by atoms with Gasteiger partial charge in [-0.15, -0.1) is 11.6 Å². The van der Waals surface area contributed by atoms with Gasteiger partial charge in [0, 0.05) is 0 Å². The standard InChI is InChI=1S/C2H2Cl4.C2H2F4/c3-1-2(4,5)6;3-1(4)2(5)6/h1H2;1-2H. The average molecular weight is 270 g/mol. The van der Waals surface area contributed by atoms with Gasteiger partial charge in [0.15, 0.2) is 0 Å². The van der Waals surface area contributed by atoms with Gasteiger partial charge in [0.05, 0.1) is 5.88 Å². The lowest BCUT2D eigenvalue weighted by Crippen LogP contribution is -2.02. The van der Waals surface area contributed by atoms with E-state index in [1.54, 1.807) is 0 Å². The van der Waals surface area contributed by atoms with Gasteiger partial charge >= 0.3 is 0 Å². The van der Waals surface area contributed by atoms with E-state index in [1.807, 2.05) is 0 Å². The van der Waals surface area contributed by atoms with Crippen molar-refractivity contribution in [2.75, 3.05) is 5.88 Å². The van der Waals surface area contributed by atoms with Gasteiger partial charge < -0.3 is 0 Å². The molecule has 0 aromatic carbocycles. The van der Waals surface area contributed by atoms with Crippen molar-refractivity contribution >= 4 is 46.4 Å². The second-order valence-electron chi connectivity index (χ2n) is 1.42. The molecule has 0 heterocycles. The van der Waals surface area contributed by atoms with Crippen LogP contribution in [-0.4, -0.2) is 22.5 Å². The van der Waals surface area contributed by atoms with Crippen molar-refractivity contribution in [2.45, 2.75) is 16.6 Å². The molecule has 0 aliphatic heterocycles. The molecule has 0 saturated heterocycles. The molecule has 0 aliphatic carbocycles. The summed E-state index contributed by atoms with van der Waals surface area (Å²) in [5.41, 5.74) is 0. The zero-order chi connectivity index (χ0) is 10.4. The van der Waals surface area contributed by atoms with Gasteiger partial charge in [0.25, 0.3) is 12.9 Å². The molecule has 0 radical (unpaired) electrons. The molecule has 0 unspecified atom stereocenters. The summed E-state index contributed by atoms with van der Waals surface area (Å²) in [6, 6.07) is 0. The van der Waals surface area contributed by atoms with Crippen LogP contribution in [0.2, 0.25) is 0 Å². The monoisotopic (exact) mass is 268 g/mol. The van der Waals surface area contributed by atoms with Crippen molar-refractivity contribution in [3.63, 3.8) is 0 Å². The Kier molecular flexibility index (Phi) is 9.34. The van der Waals surface area contributed by atoms with Gasteiger partial charge in [-0.05, 0) is 0 Å². The van der Waals surface area contributed by atoms with Gasteiger partial charge in [-0.25, -0.2) is 17.6 Å². The van der Waals surface area contributed by atoms with Crippen molar-refractivity contribution < 1.29 is 17.6 Å². The van der Waals surface area contributed by atoms with E-state index in [0.717, 1.165) is 0 Å². The molecule has 8 heteroatoms. The van der Waals surface area contributed by atoms with Gasteiger partial charge in [-0.3, -0.25) is 0 Å². The molecule has 0 aromatic heterocycles. The van der Waals surface area contributed by atoms with Gasteiger partial charge in [0.2, 0.25) is 3.79 Å². The molecule has 0 bridgehead atoms. The van der Waals surface area contributed by atoms with Crippen LogP contribution in [0.4, 0.5) is 17.6 Å². The molecule has 0 rings (SSSR count). The van der Waals surface area contributed by atoms with Crippen molar-refractivity contribution in [3.8, 4) is 0 Å². The van der Waals surface area contributed by atoms with Crippen molar-refractivity contribution in [2.24, 2.45) is 0 Å². The zero-order valence-corrected chi connectivity index (χ0v) is 8.41. The summed E-state index contributed by atoms with van der Waals surface area (Å²) in [5, 5.41) is 0. The summed E-state index contributed by atoms with van der Waals surface area (Å²) in [5.74, 6) is 0.0394. The Morgan fingerprint density at radius 2 is 1.08 bits per heavy atom. The second-order valence-corrected chi connectivity index (χ2v) is 4.20. The predicted molar refractivity (Wildman–Crippen MR) is 43.0 cm³/mol. The average Bonchev–Trinajstić information content (AvgIpc) is 1.87. The summed E-state index contributed by atoms with van der Waals surface area (Å²) < 4.78 is 40.4. The van der Waals surface area contributed by atoms with E-state index in [-0.39, 0.29) is 5.88 Å². The maximum absolute atomic E-state index is 10.4. The van der Waals surface area contributed by atoms with Gasteiger partial charge in [-0.1, -0.05) is 34.8 Å². The Morgan fingerprint density at radius 3 is 1.08 bits per heavy atom. The van der Waals surface area contributed by atoms with Crippen LogP contribution in [0.1, 0.15) is 0 Å². The number of alkyl halides is 8.